The number of piperidine rings is 1. The fraction of sp³-hybridized carbons (Fsp3) is 0.529. The number of amides is 1. The molecule has 8 nitrogen and oxygen atoms in total. The summed E-state index contributed by atoms with van der Waals surface area (Å²) < 4.78 is 26.8. The topological polar surface area (TPSA) is 124 Å². The number of rotatable bonds is 6. The molecule has 26 heavy (non-hydrogen) atoms. The highest BCUT2D eigenvalue weighted by atomic mass is 32.2. The quantitative estimate of drug-likeness (QED) is 0.662. The van der Waals surface area contributed by atoms with Crippen molar-refractivity contribution in [3.8, 4) is 0 Å². The molecular weight excluding hydrogens is 360 g/mol. The highest BCUT2D eigenvalue weighted by molar-refractivity contribution is 7.89. The largest absolute Gasteiger partial charge is 0.479 e. The molecule has 3 N–H and O–H groups in total. The van der Waals surface area contributed by atoms with Crippen molar-refractivity contribution in [2.24, 2.45) is 5.92 Å². The molecule has 0 saturated carbocycles. The van der Waals surface area contributed by atoms with Gasteiger partial charge >= 0.3 is 5.97 Å². The Morgan fingerprint density at radius 3 is 2.46 bits per heavy atom. The van der Waals surface area contributed by atoms with E-state index >= 15 is 0 Å². The van der Waals surface area contributed by atoms with Gasteiger partial charge in [0.05, 0.1) is 11.4 Å². The lowest BCUT2D eigenvalue weighted by Crippen LogP contribution is -2.46. The first-order valence-electron chi connectivity index (χ1n) is 8.38. The van der Waals surface area contributed by atoms with Crippen molar-refractivity contribution >= 4 is 21.9 Å². The number of carboxylic acids is 1. The summed E-state index contributed by atoms with van der Waals surface area (Å²) in [5.74, 6) is -1.73. The number of benzene rings is 1. The molecule has 1 saturated heterocycles. The van der Waals surface area contributed by atoms with Crippen molar-refractivity contribution in [2.75, 3.05) is 19.6 Å². The molecule has 0 radical (unpaired) electrons. The van der Waals surface area contributed by atoms with Gasteiger partial charge in [0, 0.05) is 18.7 Å². The van der Waals surface area contributed by atoms with Crippen molar-refractivity contribution in [3.05, 3.63) is 29.8 Å². The van der Waals surface area contributed by atoms with Crippen LogP contribution in [0.2, 0.25) is 0 Å². The fourth-order valence-corrected chi connectivity index (χ4v) is 4.32. The summed E-state index contributed by atoms with van der Waals surface area (Å²) in [5, 5.41) is 20.7. The zero-order valence-corrected chi connectivity index (χ0v) is 15.6. The Balaban J connectivity index is 2.07. The number of nitrogens with zero attached hydrogens (tertiary/aromatic N) is 1. The molecule has 0 aromatic heterocycles. The molecule has 1 heterocycles. The molecule has 9 heteroatoms. The van der Waals surface area contributed by atoms with Gasteiger partial charge in [-0.2, -0.15) is 4.31 Å². The van der Waals surface area contributed by atoms with E-state index in [0.29, 0.717) is 19.0 Å². The van der Waals surface area contributed by atoms with Crippen LogP contribution in [0.3, 0.4) is 0 Å². The minimum atomic E-state index is -3.60. The number of sulfonamides is 1. The second-order valence-electron chi connectivity index (χ2n) is 6.90. The lowest BCUT2D eigenvalue weighted by molar-refractivity contribution is -0.155. The van der Waals surface area contributed by atoms with Crippen LogP contribution in [0.5, 0.6) is 0 Å². The standard InChI is InChI=1S/C17H24N2O6S/c1-12-4-3-9-19(10-12)26(24,25)14-7-5-13(6-8-14)15(20)18-11-17(2,23)16(21)22/h5-8,12,23H,3-4,9-11H2,1-2H3,(H,18,20)(H,21,22). The number of aliphatic carboxylic acids is 1. The van der Waals surface area contributed by atoms with Gasteiger partial charge in [0.25, 0.3) is 5.91 Å². The van der Waals surface area contributed by atoms with Crippen molar-refractivity contribution in [1.29, 1.82) is 0 Å². The third kappa shape index (κ3) is 4.60. The number of nitrogens with one attached hydrogen (secondary N) is 1. The summed E-state index contributed by atoms with van der Waals surface area (Å²) in [6.07, 6.45) is 1.83. The highest BCUT2D eigenvalue weighted by Gasteiger charge is 2.31. The van der Waals surface area contributed by atoms with Crippen LogP contribution in [0.4, 0.5) is 0 Å². The van der Waals surface area contributed by atoms with E-state index in [1.54, 1.807) is 0 Å². The third-order valence-electron chi connectivity index (χ3n) is 4.43. The van der Waals surface area contributed by atoms with E-state index in [1.165, 1.54) is 28.6 Å². The summed E-state index contributed by atoms with van der Waals surface area (Å²) >= 11 is 0. The molecule has 2 unspecified atom stereocenters. The Morgan fingerprint density at radius 1 is 1.31 bits per heavy atom. The molecule has 1 aromatic carbocycles. The van der Waals surface area contributed by atoms with Gasteiger partial charge in [-0.3, -0.25) is 4.79 Å². The van der Waals surface area contributed by atoms with Crippen LogP contribution >= 0.6 is 0 Å². The molecule has 1 fully saturated rings. The summed E-state index contributed by atoms with van der Waals surface area (Å²) in [7, 11) is -3.60. The molecule has 2 rings (SSSR count). The number of aliphatic hydroxyl groups is 1. The van der Waals surface area contributed by atoms with Gasteiger partial charge in [-0.1, -0.05) is 6.92 Å². The molecule has 1 aliphatic heterocycles. The van der Waals surface area contributed by atoms with Crippen molar-refractivity contribution in [3.63, 3.8) is 0 Å². The monoisotopic (exact) mass is 384 g/mol. The number of carbonyl (C=O) groups is 2. The molecule has 0 spiro atoms. The minimum Gasteiger partial charge on any atom is -0.479 e. The van der Waals surface area contributed by atoms with Gasteiger partial charge in [-0.15, -0.1) is 0 Å². The van der Waals surface area contributed by atoms with Gasteiger partial charge in [0.1, 0.15) is 0 Å². The van der Waals surface area contributed by atoms with Crippen LogP contribution in [0.25, 0.3) is 0 Å². The first kappa shape index (κ1) is 20.3. The first-order chi connectivity index (χ1) is 12.0. The van der Waals surface area contributed by atoms with Crippen molar-refractivity contribution < 1.29 is 28.2 Å². The second kappa shape index (κ2) is 7.73. The number of carboxylic acid groups (broad SMARTS) is 1. The van der Waals surface area contributed by atoms with Crippen LogP contribution in [0.15, 0.2) is 29.2 Å². The summed E-state index contributed by atoms with van der Waals surface area (Å²) in [4.78, 5) is 23.0. The average molecular weight is 384 g/mol. The SMILES string of the molecule is CC1CCCN(S(=O)(=O)c2ccc(C(=O)NCC(C)(O)C(=O)O)cc2)C1. The van der Waals surface area contributed by atoms with Crippen LogP contribution < -0.4 is 5.32 Å². The van der Waals surface area contributed by atoms with Gasteiger partial charge in [0.2, 0.25) is 10.0 Å². The Morgan fingerprint density at radius 2 is 1.92 bits per heavy atom. The minimum absolute atomic E-state index is 0.112. The van der Waals surface area contributed by atoms with Gasteiger partial charge < -0.3 is 15.5 Å². The van der Waals surface area contributed by atoms with E-state index in [9.17, 15) is 23.1 Å². The van der Waals surface area contributed by atoms with Gasteiger partial charge in [0.15, 0.2) is 5.60 Å². The van der Waals surface area contributed by atoms with Crippen molar-refractivity contribution in [1.82, 2.24) is 9.62 Å². The maximum Gasteiger partial charge on any atom is 0.337 e. The summed E-state index contributed by atoms with van der Waals surface area (Å²) in [5.41, 5.74) is -1.90. The van der Waals surface area contributed by atoms with E-state index in [-0.39, 0.29) is 10.5 Å². The molecule has 0 bridgehead atoms. The molecule has 1 amide bonds. The Labute approximate surface area is 152 Å². The normalized spacial score (nSPS) is 21.0. The smallest absolute Gasteiger partial charge is 0.337 e. The average Bonchev–Trinajstić information content (AvgIpc) is 2.59. The molecule has 1 aromatic rings. The van der Waals surface area contributed by atoms with E-state index in [2.05, 4.69) is 5.32 Å². The fourth-order valence-electron chi connectivity index (χ4n) is 2.72. The van der Waals surface area contributed by atoms with Gasteiger partial charge in [-0.25, -0.2) is 13.2 Å². The van der Waals surface area contributed by atoms with E-state index in [1.807, 2.05) is 6.92 Å². The van der Waals surface area contributed by atoms with E-state index < -0.39 is 34.0 Å². The zero-order chi connectivity index (χ0) is 19.5. The van der Waals surface area contributed by atoms with E-state index in [4.69, 9.17) is 5.11 Å². The molecule has 2 atom stereocenters. The van der Waals surface area contributed by atoms with Gasteiger partial charge in [-0.05, 0) is 49.9 Å². The third-order valence-corrected chi connectivity index (χ3v) is 6.31. The van der Waals surface area contributed by atoms with Crippen molar-refractivity contribution in [2.45, 2.75) is 37.2 Å². The molecular formula is C17H24N2O6S. The number of hydrogen-bond donors (Lipinski definition) is 3. The van der Waals surface area contributed by atoms with Crippen LogP contribution in [-0.2, 0) is 14.8 Å². The Hall–Kier alpha value is -1.97. The highest BCUT2D eigenvalue weighted by Crippen LogP contribution is 2.23. The first-order valence-corrected chi connectivity index (χ1v) is 9.82. The zero-order valence-electron chi connectivity index (χ0n) is 14.8. The molecule has 144 valence electrons. The molecule has 1 aliphatic rings. The van der Waals surface area contributed by atoms with E-state index in [0.717, 1.165) is 19.8 Å². The number of carbonyl (C=O) groups excluding carboxylic acids is 1. The maximum atomic E-state index is 12.7. The second-order valence-corrected chi connectivity index (χ2v) is 8.83. The molecule has 0 aliphatic carbocycles. The Bertz CT molecular complexity index is 773. The summed E-state index contributed by atoms with van der Waals surface area (Å²) in [6, 6.07) is 5.45. The Kier molecular flexibility index (Phi) is 6.05. The predicted molar refractivity (Wildman–Crippen MR) is 94.2 cm³/mol. The summed E-state index contributed by atoms with van der Waals surface area (Å²) in [6.45, 7) is 3.59. The van der Waals surface area contributed by atoms with Crippen LogP contribution in [0.1, 0.15) is 37.0 Å². The predicted octanol–water partition coefficient (Wildman–Crippen LogP) is 0.673. The van der Waals surface area contributed by atoms with Crippen LogP contribution in [0, 0.1) is 5.92 Å². The lowest BCUT2D eigenvalue weighted by Gasteiger charge is -2.30. The maximum absolute atomic E-state index is 12.7. The van der Waals surface area contributed by atoms with Crippen LogP contribution in [-0.4, -0.2) is 60.0 Å². The number of hydrogen-bond acceptors (Lipinski definition) is 5. The lowest BCUT2D eigenvalue weighted by atomic mass is 10.0.